The lowest BCUT2D eigenvalue weighted by Crippen LogP contribution is -2.19. The lowest BCUT2D eigenvalue weighted by Gasteiger charge is -2.14. The molecule has 0 fully saturated rings. The van der Waals surface area contributed by atoms with Crippen molar-refractivity contribution in [1.29, 1.82) is 0 Å². The number of hydrogen-bond donors (Lipinski definition) is 3. The van der Waals surface area contributed by atoms with Gasteiger partial charge in [-0.1, -0.05) is 29.3 Å². The van der Waals surface area contributed by atoms with E-state index in [1.807, 2.05) is 13.8 Å². The van der Waals surface area contributed by atoms with Gasteiger partial charge in [0.2, 0.25) is 11.8 Å². The summed E-state index contributed by atoms with van der Waals surface area (Å²) in [6.07, 6.45) is 1.64. The van der Waals surface area contributed by atoms with E-state index in [-0.39, 0.29) is 24.9 Å². The molecule has 0 bridgehead atoms. The van der Waals surface area contributed by atoms with Crippen LogP contribution in [0.3, 0.4) is 0 Å². The molecule has 0 unspecified atom stereocenters. The number of pyridine rings is 1. The number of aryl methyl sites for hydroxylation is 3. The van der Waals surface area contributed by atoms with Crippen LogP contribution in [0.25, 0.3) is 22.0 Å². The van der Waals surface area contributed by atoms with Crippen molar-refractivity contribution in [1.82, 2.24) is 19.3 Å². The fourth-order valence-corrected chi connectivity index (χ4v) is 4.36. The zero-order valence-corrected chi connectivity index (χ0v) is 19.3. The van der Waals surface area contributed by atoms with Crippen LogP contribution in [-0.4, -0.2) is 30.3 Å². The Morgan fingerprint density at radius 3 is 2.62 bits per heavy atom. The van der Waals surface area contributed by atoms with Crippen LogP contribution in [0.1, 0.15) is 17.0 Å². The topological polar surface area (TPSA) is 111 Å². The average molecular weight is 473 g/mol. The molecule has 3 heterocycles. The fourth-order valence-electron chi connectivity index (χ4n) is 3.86. The van der Waals surface area contributed by atoms with Gasteiger partial charge in [0.15, 0.2) is 0 Å². The van der Waals surface area contributed by atoms with Gasteiger partial charge in [-0.15, -0.1) is 0 Å². The van der Waals surface area contributed by atoms with Gasteiger partial charge in [-0.05, 0) is 31.5 Å². The Bertz CT molecular complexity index is 1360. The maximum absolute atomic E-state index is 12.6. The number of halogens is 2. The van der Waals surface area contributed by atoms with E-state index < -0.39 is 0 Å². The molecule has 0 aliphatic heterocycles. The number of aromatic nitrogens is 4. The number of amides is 1. The predicted octanol–water partition coefficient (Wildman–Crippen LogP) is 4.16. The Morgan fingerprint density at radius 2 is 2.00 bits per heavy atom. The van der Waals surface area contributed by atoms with Crippen molar-refractivity contribution in [3.05, 3.63) is 57.5 Å². The quantitative estimate of drug-likeness (QED) is 0.403. The molecule has 4 rings (SSSR count). The number of carbonyl (C=O) groups is 1. The van der Waals surface area contributed by atoms with Crippen molar-refractivity contribution in [2.75, 3.05) is 5.32 Å². The number of fused-ring (bicyclic) bond motifs is 1. The molecule has 0 saturated carbocycles. The number of hydrogen-bond acceptors (Lipinski definition) is 5. The van der Waals surface area contributed by atoms with Crippen molar-refractivity contribution < 1.29 is 9.90 Å². The van der Waals surface area contributed by atoms with Gasteiger partial charge in [0.25, 0.3) is 0 Å². The summed E-state index contributed by atoms with van der Waals surface area (Å²) in [5.74, 6) is 0.154. The van der Waals surface area contributed by atoms with Crippen LogP contribution in [-0.2, 0) is 24.9 Å². The average Bonchev–Trinajstić information content (AvgIpc) is 3.18. The molecular formula is C22H22Cl2N6O2. The lowest BCUT2D eigenvalue weighted by molar-refractivity contribution is -0.116. The summed E-state index contributed by atoms with van der Waals surface area (Å²) in [5, 5.41) is 19.5. The maximum Gasteiger partial charge on any atom is 0.245 e. The normalized spacial score (nSPS) is 11.3. The van der Waals surface area contributed by atoms with Crippen molar-refractivity contribution in [2.24, 2.45) is 12.8 Å². The van der Waals surface area contributed by atoms with E-state index >= 15 is 0 Å². The van der Waals surface area contributed by atoms with Gasteiger partial charge in [0, 0.05) is 52.7 Å². The number of nitrogens with two attached hydrogens (primary N) is 1. The minimum atomic E-state index is -0.314. The predicted molar refractivity (Wildman–Crippen MR) is 126 cm³/mol. The second kappa shape index (κ2) is 8.46. The number of aromatic hydroxyl groups is 1. The van der Waals surface area contributed by atoms with E-state index in [4.69, 9.17) is 28.9 Å². The molecule has 0 aliphatic carbocycles. The summed E-state index contributed by atoms with van der Waals surface area (Å²) in [6.45, 7) is 3.78. The number of nitrogens with one attached hydrogen (secondary N) is 1. The van der Waals surface area contributed by atoms with Crippen molar-refractivity contribution in [2.45, 2.75) is 26.9 Å². The Balaban J connectivity index is 1.81. The molecule has 166 valence electrons. The van der Waals surface area contributed by atoms with Crippen LogP contribution in [0, 0.1) is 13.8 Å². The minimum absolute atomic E-state index is 0.0976. The van der Waals surface area contributed by atoms with Gasteiger partial charge in [-0.25, -0.2) is 0 Å². The van der Waals surface area contributed by atoms with Gasteiger partial charge in [0.1, 0.15) is 12.4 Å². The highest BCUT2D eigenvalue weighted by molar-refractivity contribution is 6.36. The second-order valence-corrected chi connectivity index (χ2v) is 8.41. The molecule has 1 amide bonds. The standard InChI is InChI=1S/C22H22Cl2N6O2/c1-11-6-18(29(3)28-11)27-19(31)10-30-9-17-21(22(30)32)20(15(8-25)12(2)26-17)14-5-4-13(23)7-16(14)24/h4-7,9,32H,8,10,25H2,1-3H3,(H,27,31). The first-order chi connectivity index (χ1) is 15.2. The summed E-state index contributed by atoms with van der Waals surface area (Å²) < 4.78 is 3.03. The maximum atomic E-state index is 12.6. The molecule has 8 nitrogen and oxygen atoms in total. The summed E-state index contributed by atoms with van der Waals surface area (Å²) in [7, 11) is 1.74. The van der Waals surface area contributed by atoms with E-state index in [1.165, 1.54) is 4.57 Å². The van der Waals surface area contributed by atoms with Gasteiger partial charge in [-0.2, -0.15) is 5.10 Å². The number of benzene rings is 1. The molecule has 0 aliphatic rings. The zero-order chi connectivity index (χ0) is 23.2. The number of nitrogens with zero attached hydrogens (tertiary/aromatic N) is 4. The van der Waals surface area contributed by atoms with Gasteiger partial charge >= 0.3 is 0 Å². The Hall–Kier alpha value is -3.07. The van der Waals surface area contributed by atoms with E-state index in [9.17, 15) is 9.90 Å². The van der Waals surface area contributed by atoms with Crippen LogP contribution >= 0.6 is 23.2 Å². The van der Waals surface area contributed by atoms with Crippen LogP contribution < -0.4 is 11.1 Å². The third-order valence-electron chi connectivity index (χ3n) is 5.29. The van der Waals surface area contributed by atoms with Crippen LogP contribution in [0.5, 0.6) is 5.88 Å². The van der Waals surface area contributed by atoms with E-state index in [0.29, 0.717) is 43.6 Å². The molecule has 3 aromatic heterocycles. The third-order valence-corrected chi connectivity index (χ3v) is 5.84. The molecule has 32 heavy (non-hydrogen) atoms. The van der Waals surface area contributed by atoms with Crippen molar-refractivity contribution >= 4 is 45.8 Å². The largest absolute Gasteiger partial charge is 0.494 e. The molecular weight excluding hydrogens is 451 g/mol. The third kappa shape index (κ3) is 3.92. The SMILES string of the molecule is Cc1cc(NC(=O)Cn2cc3nc(C)c(CN)c(-c4ccc(Cl)cc4Cl)c3c2O)n(C)n1. The molecule has 4 aromatic rings. The molecule has 0 radical (unpaired) electrons. The van der Waals surface area contributed by atoms with Crippen molar-refractivity contribution in [3.63, 3.8) is 0 Å². The second-order valence-electron chi connectivity index (χ2n) is 7.56. The highest BCUT2D eigenvalue weighted by Gasteiger charge is 2.22. The zero-order valence-electron chi connectivity index (χ0n) is 17.8. The van der Waals surface area contributed by atoms with Crippen LogP contribution in [0.15, 0.2) is 30.5 Å². The monoisotopic (exact) mass is 472 g/mol. The summed E-state index contributed by atoms with van der Waals surface area (Å²) in [5.41, 5.74) is 10.2. The van der Waals surface area contributed by atoms with Crippen LogP contribution in [0.4, 0.5) is 5.82 Å². The molecule has 0 saturated heterocycles. The summed E-state index contributed by atoms with van der Waals surface area (Å²) in [4.78, 5) is 17.2. The van der Waals surface area contributed by atoms with Gasteiger partial charge in [0.05, 0.1) is 16.6 Å². The molecule has 0 spiro atoms. The highest BCUT2D eigenvalue weighted by atomic mass is 35.5. The Labute approximate surface area is 194 Å². The van der Waals surface area contributed by atoms with E-state index in [2.05, 4.69) is 15.4 Å². The molecule has 4 N–H and O–H groups in total. The van der Waals surface area contributed by atoms with E-state index in [0.717, 1.165) is 11.3 Å². The first-order valence-electron chi connectivity index (χ1n) is 9.86. The highest BCUT2D eigenvalue weighted by Crippen LogP contribution is 2.42. The summed E-state index contributed by atoms with van der Waals surface area (Å²) >= 11 is 12.6. The van der Waals surface area contributed by atoms with Crippen LogP contribution in [0.2, 0.25) is 10.0 Å². The number of carbonyl (C=O) groups excluding carboxylic acids is 1. The number of rotatable bonds is 5. The lowest BCUT2D eigenvalue weighted by atomic mass is 9.95. The molecule has 0 atom stereocenters. The molecule has 10 heteroatoms. The first-order valence-corrected chi connectivity index (χ1v) is 10.6. The number of anilines is 1. The molecule has 1 aromatic carbocycles. The Kier molecular flexibility index (Phi) is 5.85. The smallest absolute Gasteiger partial charge is 0.245 e. The minimum Gasteiger partial charge on any atom is -0.494 e. The van der Waals surface area contributed by atoms with E-state index in [1.54, 1.807) is 42.2 Å². The van der Waals surface area contributed by atoms with Crippen molar-refractivity contribution in [3.8, 4) is 17.0 Å². The van der Waals surface area contributed by atoms with Gasteiger partial charge in [-0.3, -0.25) is 14.5 Å². The summed E-state index contributed by atoms with van der Waals surface area (Å²) in [6, 6.07) is 6.91. The van der Waals surface area contributed by atoms with Gasteiger partial charge < -0.3 is 20.7 Å². The first kappa shape index (κ1) is 22.1. The Morgan fingerprint density at radius 1 is 1.25 bits per heavy atom. The fraction of sp³-hybridized carbons (Fsp3) is 0.227.